The van der Waals surface area contributed by atoms with Crippen LogP contribution in [0.5, 0.6) is 0 Å². The van der Waals surface area contributed by atoms with Gasteiger partial charge in [-0.15, -0.1) is 0 Å². The molecular formula is C17H16N2O2. The Morgan fingerprint density at radius 2 is 1.67 bits per heavy atom. The van der Waals surface area contributed by atoms with Gasteiger partial charge in [-0.05, 0) is 42.3 Å². The third-order valence-electron chi connectivity index (χ3n) is 3.82. The van der Waals surface area contributed by atoms with Gasteiger partial charge in [0.15, 0.2) is 0 Å². The van der Waals surface area contributed by atoms with Crippen LogP contribution in [0.4, 0.5) is 17.1 Å². The Bertz CT molecular complexity index is 720. The molecule has 106 valence electrons. The van der Waals surface area contributed by atoms with Crippen LogP contribution in [-0.2, 0) is 11.2 Å². The Morgan fingerprint density at radius 3 is 2.33 bits per heavy atom. The Balaban J connectivity index is 1.92. The van der Waals surface area contributed by atoms with Gasteiger partial charge in [0.2, 0.25) is 0 Å². The highest BCUT2D eigenvalue weighted by atomic mass is 16.2. The van der Waals surface area contributed by atoms with E-state index in [1.165, 1.54) is 5.56 Å². The van der Waals surface area contributed by atoms with Gasteiger partial charge in [-0.3, -0.25) is 9.59 Å². The number of ketones is 1. The van der Waals surface area contributed by atoms with Gasteiger partial charge in [-0.2, -0.15) is 0 Å². The summed E-state index contributed by atoms with van der Waals surface area (Å²) in [5, 5.41) is 2.60. The van der Waals surface area contributed by atoms with Crippen LogP contribution in [-0.4, -0.2) is 18.7 Å². The van der Waals surface area contributed by atoms with E-state index in [1.807, 2.05) is 24.1 Å². The van der Waals surface area contributed by atoms with Crippen LogP contribution in [0.25, 0.3) is 0 Å². The van der Waals surface area contributed by atoms with E-state index >= 15 is 0 Å². The number of rotatable bonds is 3. The average Bonchev–Trinajstić information content (AvgIpc) is 2.81. The Morgan fingerprint density at radius 1 is 1.00 bits per heavy atom. The maximum absolute atomic E-state index is 11.6. The number of nitrogens with one attached hydrogen (secondary N) is 1. The molecule has 4 nitrogen and oxygen atoms in total. The van der Waals surface area contributed by atoms with Gasteiger partial charge in [0.05, 0.1) is 11.3 Å². The van der Waals surface area contributed by atoms with Crippen molar-refractivity contribution in [3.05, 3.63) is 53.6 Å². The number of anilines is 3. The molecule has 0 atom stereocenters. The van der Waals surface area contributed by atoms with Gasteiger partial charge >= 0.3 is 0 Å². The number of aryl methyl sites for hydroxylation is 1. The predicted molar refractivity (Wildman–Crippen MR) is 83.3 cm³/mol. The molecule has 0 radical (unpaired) electrons. The molecule has 1 aliphatic heterocycles. The molecule has 0 spiro atoms. The van der Waals surface area contributed by atoms with Crippen LogP contribution in [0.15, 0.2) is 42.5 Å². The van der Waals surface area contributed by atoms with Gasteiger partial charge in [0.1, 0.15) is 0 Å². The monoisotopic (exact) mass is 280 g/mol. The molecule has 0 bridgehead atoms. The van der Waals surface area contributed by atoms with Crippen molar-refractivity contribution in [2.75, 3.05) is 17.3 Å². The number of hydrogen-bond acceptors (Lipinski definition) is 3. The minimum atomic E-state index is -0.558. The van der Waals surface area contributed by atoms with Crippen molar-refractivity contribution in [2.24, 2.45) is 0 Å². The van der Waals surface area contributed by atoms with Crippen LogP contribution in [0, 0.1) is 0 Å². The van der Waals surface area contributed by atoms with Crippen molar-refractivity contribution >= 4 is 28.8 Å². The highest BCUT2D eigenvalue weighted by molar-refractivity contribution is 6.51. The number of benzene rings is 2. The highest BCUT2D eigenvalue weighted by Gasteiger charge is 2.28. The van der Waals surface area contributed by atoms with Gasteiger partial charge in [-0.1, -0.05) is 19.1 Å². The number of nitrogens with zero attached hydrogens (tertiary/aromatic N) is 1. The number of amides is 1. The number of hydrogen-bond donors (Lipinski definition) is 1. The summed E-state index contributed by atoms with van der Waals surface area (Å²) < 4.78 is 0. The van der Waals surface area contributed by atoms with E-state index in [-0.39, 0.29) is 0 Å². The zero-order valence-electron chi connectivity index (χ0n) is 12.0. The molecule has 1 N–H and O–H groups in total. The maximum atomic E-state index is 11.6. The van der Waals surface area contributed by atoms with Gasteiger partial charge < -0.3 is 10.2 Å². The smallest absolute Gasteiger partial charge is 0.296 e. The first kappa shape index (κ1) is 13.4. The Hall–Kier alpha value is -2.62. The van der Waals surface area contributed by atoms with Gasteiger partial charge in [-0.25, -0.2) is 0 Å². The first-order chi connectivity index (χ1) is 10.1. The lowest BCUT2D eigenvalue weighted by atomic mass is 10.1. The van der Waals surface area contributed by atoms with E-state index in [0.29, 0.717) is 11.3 Å². The van der Waals surface area contributed by atoms with E-state index in [1.54, 1.807) is 6.07 Å². The van der Waals surface area contributed by atoms with Crippen molar-refractivity contribution in [1.82, 2.24) is 0 Å². The van der Waals surface area contributed by atoms with Gasteiger partial charge in [0, 0.05) is 18.4 Å². The molecule has 1 amide bonds. The molecule has 0 saturated heterocycles. The molecule has 0 unspecified atom stereocenters. The zero-order chi connectivity index (χ0) is 15.0. The third-order valence-corrected chi connectivity index (χ3v) is 3.82. The second kappa shape index (κ2) is 5.05. The van der Waals surface area contributed by atoms with Crippen molar-refractivity contribution in [1.29, 1.82) is 0 Å². The van der Waals surface area contributed by atoms with Crippen LogP contribution >= 0.6 is 0 Å². The van der Waals surface area contributed by atoms with E-state index in [2.05, 4.69) is 36.5 Å². The second-order valence-corrected chi connectivity index (χ2v) is 5.09. The van der Waals surface area contributed by atoms with Crippen LogP contribution < -0.4 is 10.2 Å². The fourth-order valence-corrected chi connectivity index (χ4v) is 2.45. The molecule has 2 aromatic carbocycles. The van der Waals surface area contributed by atoms with Crippen LogP contribution in [0.1, 0.15) is 22.8 Å². The van der Waals surface area contributed by atoms with Crippen molar-refractivity contribution < 1.29 is 9.59 Å². The minimum Gasteiger partial charge on any atom is -0.345 e. The SMILES string of the molecule is CCc1ccc(N(C)c2ccc3c(c2)NC(=O)C3=O)cc1. The summed E-state index contributed by atoms with van der Waals surface area (Å²) >= 11 is 0. The minimum absolute atomic E-state index is 0.443. The first-order valence-electron chi connectivity index (χ1n) is 6.92. The predicted octanol–water partition coefficient (Wildman–Crippen LogP) is 3.15. The van der Waals surface area contributed by atoms with E-state index in [0.717, 1.165) is 17.8 Å². The van der Waals surface area contributed by atoms with Gasteiger partial charge in [0.25, 0.3) is 11.7 Å². The maximum Gasteiger partial charge on any atom is 0.296 e. The molecule has 4 heteroatoms. The number of fused-ring (bicyclic) bond motifs is 1. The molecule has 21 heavy (non-hydrogen) atoms. The Labute approximate surface area is 123 Å². The quantitative estimate of drug-likeness (QED) is 0.879. The summed E-state index contributed by atoms with van der Waals surface area (Å²) in [7, 11) is 1.96. The Kier molecular flexibility index (Phi) is 3.22. The molecule has 1 heterocycles. The van der Waals surface area contributed by atoms with E-state index < -0.39 is 11.7 Å². The van der Waals surface area contributed by atoms with Crippen LogP contribution in [0.2, 0.25) is 0 Å². The number of carbonyl (C=O) groups excluding carboxylic acids is 2. The topological polar surface area (TPSA) is 49.4 Å². The fourth-order valence-electron chi connectivity index (χ4n) is 2.45. The molecule has 0 aliphatic carbocycles. The summed E-state index contributed by atoms with van der Waals surface area (Å²) in [6.45, 7) is 2.12. The van der Waals surface area contributed by atoms with Crippen molar-refractivity contribution in [3.8, 4) is 0 Å². The molecule has 0 saturated carbocycles. The fraction of sp³-hybridized carbons (Fsp3) is 0.176. The number of Topliss-reactive ketones (excluding diaryl/α,β-unsaturated/α-hetero) is 1. The normalized spacial score (nSPS) is 13.0. The molecule has 1 aliphatic rings. The molecule has 0 fully saturated rings. The molecular weight excluding hydrogens is 264 g/mol. The molecule has 3 rings (SSSR count). The average molecular weight is 280 g/mol. The lowest BCUT2D eigenvalue weighted by Crippen LogP contribution is -2.12. The summed E-state index contributed by atoms with van der Waals surface area (Å²) in [5.74, 6) is -1.02. The summed E-state index contributed by atoms with van der Waals surface area (Å²) in [6.07, 6.45) is 1.01. The van der Waals surface area contributed by atoms with Crippen molar-refractivity contribution in [2.45, 2.75) is 13.3 Å². The second-order valence-electron chi connectivity index (χ2n) is 5.09. The van der Waals surface area contributed by atoms with Crippen molar-refractivity contribution in [3.63, 3.8) is 0 Å². The van der Waals surface area contributed by atoms with Crippen LogP contribution in [0.3, 0.4) is 0 Å². The van der Waals surface area contributed by atoms with E-state index in [9.17, 15) is 9.59 Å². The lowest BCUT2D eigenvalue weighted by molar-refractivity contribution is -0.112. The molecule has 0 aromatic heterocycles. The third kappa shape index (κ3) is 2.29. The lowest BCUT2D eigenvalue weighted by Gasteiger charge is -2.20. The highest BCUT2D eigenvalue weighted by Crippen LogP contribution is 2.31. The van der Waals surface area contributed by atoms with E-state index in [4.69, 9.17) is 0 Å². The largest absolute Gasteiger partial charge is 0.345 e. The number of carbonyl (C=O) groups is 2. The standard InChI is InChI=1S/C17H16N2O2/c1-3-11-4-6-12(7-5-11)19(2)13-8-9-14-15(10-13)18-17(21)16(14)20/h4-10H,3H2,1-2H3,(H,18,20,21). The molecule has 2 aromatic rings. The summed E-state index contributed by atoms with van der Waals surface area (Å²) in [6, 6.07) is 13.7. The summed E-state index contributed by atoms with van der Waals surface area (Å²) in [5.41, 5.74) is 4.30. The zero-order valence-corrected chi connectivity index (χ0v) is 12.0. The first-order valence-corrected chi connectivity index (χ1v) is 6.92. The summed E-state index contributed by atoms with van der Waals surface area (Å²) in [4.78, 5) is 25.0.